The molecule has 40 heavy (non-hydrogen) atoms. The Labute approximate surface area is 225 Å². The first kappa shape index (κ1) is 25.4. The molecule has 0 unspecified atom stereocenters. The van der Waals surface area contributed by atoms with Gasteiger partial charge in [-0.25, -0.2) is 9.67 Å². The van der Waals surface area contributed by atoms with Crippen molar-refractivity contribution in [3.05, 3.63) is 70.2 Å². The van der Waals surface area contributed by atoms with Crippen LogP contribution in [0.1, 0.15) is 62.5 Å². The lowest BCUT2D eigenvalue weighted by Gasteiger charge is -2.35. The maximum absolute atomic E-state index is 13.6. The van der Waals surface area contributed by atoms with Crippen molar-refractivity contribution in [3.63, 3.8) is 0 Å². The minimum atomic E-state index is -4.47. The zero-order valence-corrected chi connectivity index (χ0v) is 20.8. The maximum Gasteiger partial charge on any atom is 0.422 e. The van der Waals surface area contributed by atoms with Crippen LogP contribution in [0.25, 0.3) is 5.82 Å². The number of pyridine rings is 1. The van der Waals surface area contributed by atoms with Gasteiger partial charge in [-0.1, -0.05) is 6.07 Å². The van der Waals surface area contributed by atoms with E-state index in [-0.39, 0.29) is 29.2 Å². The van der Waals surface area contributed by atoms with Crippen molar-refractivity contribution < 1.29 is 27.5 Å². The maximum atomic E-state index is 13.6. The van der Waals surface area contributed by atoms with Gasteiger partial charge < -0.3 is 15.4 Å². The number of nitriles is 2. The van der Waals surface area contributed by atoms with Crippen LogP contribution in [0.4, 0.5) is 13.2 Å². The van der Waals surface area contributed by atoms with E-state index in [1.165, 1.54) is 29.1 Å². The first-order valence-corrected chi connectivity index (χ1v) is 12.4. The predicted octanol–water partition coefficient (Wildman–Crippen LogP) is 2.99. The molecule has 13 heteroatoms. The number of benzene rings is 1. The largest absolute Gasteiger partial charge is 0.484 e. The molecule has 3 aliphatic rings. The van der Waals surface area contributed by atoms with Crippen molar-refractivity contribution in [2.24, 2.45) is 0 Å². The average Bonchev–Trinajstić information content (AvgIpc) is 3.47. The van der Waals surface area contributed by atoms with Crippen LogP contribution in [-0.4, -0.2) is 44.9 Å². The molecule has 2 aromatic heterocycles. The van der Waals surface area contributed by atoms with E-state index in [9.17, 15) is 28.0 Å². The Morgan fingerprint density at radius 1 is 1.20 bits per heavy atom. The number of aromatic nitrogens is 3. The van der Waals surface area contributed by atoms with Gasteiger partial charge in [0.1, 0.15) is 23.1 Å². The van der Waals surface area contributed by atoms with E-state index in [1.54, 1.807) is 12.1 Å². The minimum Gasteiger partial charge on any atom is -0.484 e. The smallest absolute Gasteiger partial charge is 0.422 e. The summed E-state index contributed by atoms with van der Waals surface area (Å²) in [6.07, 6.45) is -0.989. The number of nitrogens with zero attached hydrogens (tertiary/aromatic N) is 5. The second-order valence-corrected chi connectivity index (χ2v) is 10.2. The van der Waals surface area contributed by atoms with Gasteiger partial charge in [-0.2, -0.15) is 28.8 Å². The SMILES string of the molecule is N#Cc1ccc(-n2nc3c(c2C(=O)NC2(C#N)CC2)C(=O)N[C@@]2(CCc4cc(OCC(F)(F)F)ccc42)C3)nc1. The number of aryl methyl sites for hydroxylation is 1. The van der Waals surface area contributed by atoms with Gasteiger partial charge in [0.2, 0.25) is 0 Å². The third-order valence-corrected chi connectivity index (χ3v) is 7.45. The van der Waals surface area contributed by atoms with Gasteiger partial charge in [-0.05, 0) is 61.1 Å². The van der Waals surface area contributed by atoms with Crippen molar-refractivity contribution in [2.75, 3.05) is 6.61 Å². The van der Waals surface area contributed by atoms with E-state index in [0.717, 1.165) is 11.1 Å². The van der Waals surface area contributed by atoms with E-state index in [2.05, 4.69) is 26.8 Å². The Balaban J connectivity index is 1.39. The summed E-state index contributed by atoms with van der Waals surface area (Å²) in [5, 5.41) is 29.0. The summed E-state index contributed by atoms with van der Waals surface area (Å²) < 4.78 is 44.0. The molecule has 1 fully saturated rings. The van der Waals surface area contributed by atoms with E-state index in [0.29, 0.717) is 36.9 Å². The lowest BCUT2D eigenvalue weighted by Crippen LogP contribution is -2.50. The van der Waals surface area contributed by atoms with Crippen LogP contribution in [0.5, 0.6) is 5.75 Å². The summed E-state index contributed by atoms with van der Waals surface area (Å²) in [6.45, 7) is -1.41. The van der Waals surface area contributed by atoms with Crippen molar-refractivity contribution in [2.45, 2.75) is 49.4 Å². The van der Waals surface area contributed by atoms with Crippen molar-refractivity contribution in [1.82, 2.24) is 25.4 Å². The molecule has 3 aromatic rings. The van der Waals surface area contributed by atoms with Gasteiger partial charge in [0.15, 0.2) is 12.4 Å². The quantitative estimate of drug-likeness (QED) is 0.499. The number of amides is 2. The van der Waals surface area contributed by atoms with Crippen LogP contribution < -0.4 is 15.4 Å². The molecule has 10 nitrogen and oxygen atoms in total. The monoisotopic (exact) mass is 547 g/mol. The standard InChI is InChI=1S/C27H20F3N7O3/c28-27(29,30)14-40-17-2-3-18-16(9-17)5-6-26(18)10-19-21(23(38)35-26)22(24(39)34-25(13-32)7-8-25)37(36-19)20-4-1-15(11-31)12-33-20/h1-4,9,12H,5-8,10,14H2,(H,34,39)(H,35,38)/t26-/m0/s1. The number of rotatable bonds is 5. The topological polar surface area (TPSA) is 146 Å². The lowest BCUT2D eigenvalue weighted by atomic mass is 9.82. The van der Waals surface area contributed by atoms with Crippen LogP contribution in [0.15, 0.2) is 36.5 Å². The normalized spacial score (nSPS) is 20.1. The highest BCUT2D eigenvalue weighted by Crippen LogP contribution is 2.44. The molecule has 1 aliphatic heterocycles. The fourth-order valence-corrected chi connectivity index (χ4v) is 5.35. The van der Waals surface area contributed by atoms with Crippen molar-refractivity contribution >= 4 is 11.8 Å². The molecule has 1 saturated carbocycles. The Hall–Kier alpha value is -4.91. The molecule has 6 rings (SSSR count). The molecule has 2 N–H and O–H groups in total. The van der Waals surface area contributed by atoms with Gasteiger partial charge in [0, 0.05) is 12.6 Å². The van der Waals surface area contributed by atoms with Crippen LogP contribution in [0.3, 0.4) is 0 Å². The molecule has 1 aromatic carbocycles. The second kappa shape index (κ2) is 8.81. The van der Waals surface area contributed by atoms with Crippen LogP contribution in [-0.2, 0) is 18.4 Å². The summed E-state index contributed by atoms with van der Waals surface area (Å²) in [5.41, 5.74) is 0.232. The Morgan fingerprint density at radius 2 is 2.00 bits per heavy atom. The molecule has 0 radical (unpaired) electrons. The molecule has 2 amide bonds. The summed E-state index contributed by atoms with van der Waals surface area (Å²) >= 11 is 0. The molecule has 1 spiro atoms. The number of carbonyl (C=O) groups is 2. The Kier molecular flexibility index (Phi) is 5.59. The van der Waals surface area contributed by atoms with Gasteiger partial charge in [-0.3, -0.25) is 9.59 Å². The Bertz CT molecular complexity index is 1650. The number of fused-ring (bicyclic) bond motifs is 3. The van der Waals surface area contributed by atoms with Gasteiger partial charge in [-0.15, -0.1) is 0 Å². The molecule has 2 aliphatic carbocycles. The number of nitrogens with one attached hydrogen (secondary N) is 2. The zero-order valence-electron chi connectivity index (χ0n) is 20.8. The van der Waals surface area contributed by atoms with Crippen LogP contribution in [0, 0.1) is 22.7 Å². The van der Waals surface area contributed by atoms with E-state index in [4.69, 9.17) is 10.00 Å². The van der Waals surface area contributed by atoms with Crippen molar-refractivity contribution in [1.29, 1.82) is 10.5 Å². The molecular formula is C27H20F3N7O3. The van der Waals surface area contributed by atoms with Gasteiger partial charge in [0.25, 0.3) is 11.8 Å². The lowest BCUT2D eigenvalue weighted by molar-refractivity contribution is -0.153. The summed E-state index contributed by atoms with van der Waals surface area (Å²) in [7, 11) is 0. The average molecular weight is 547 g/mol. The molecule has 0 saturated heterocycles. The molecule has 3 heterocycles. The van der Waals surface area contributed by atoms with E-state index >= 15 is 0 Å². The minimum absolute atomic E-state index is 0.0570. The van der Waals surface area contributed by atoms with Crippen molar-refractivity contribution in [3.8, 4) is 23.7 Å². The summed E-state index contributed by atoms with van der Waals surface area (Å²) in [6, 6.07) is 11.7. The first-order valence-electron chi connectivity index (χ1n) is 12.4. The number of hydrogen-bond acceptors (Lipinski definition) is 7. The zero-order chi connectivity index (χ0) is 28.3. The summed E-state index contributed by atoms with van der Waals surface area (Å²) in [4.78, 5) is 31.3. The molecule has 0 bridgehead atoms. The predicted molar refractivity (Wildman–Crippen MR) is 130 cm³/mol. The number of carbonyl (C=O) groups excluding carboxylic acids is 2. The highest BCUT2D eigenvalue weighted by molar-refractivity contribution is 6.08. The van der Waals surface area contributed by atoms with Gasteiger partial charge >= 0.3 is 6.18 Å². The van der Waals surface area contributed by atoms with Crippen LogP contribution >= 0.6 is 0 Å². The van der Waals surface area contributed by atoms with E-state index < -0.39 is 35.7 Å². The highest BCUT2D eigenvalue weighted by Gasteiger charge is 2.49. The molecule has 1 atom stereocenters. The fraction of sp³-hybridized carbons (Fsp3) is 0.333. The third kappa shape index (κ3) is 4.29. The number of halogens is 3. The van der Waals surface area contributed by atoms with E-state index in [1.807, 2.05) is 6.07 Å². The Morgan fingerprint density at radius 3 is 2.65 bits per heavy atom. The number of hydrogen-bond donors (Lipinski definition) is 2. The third-order valence-electron chi connectivity index (χ3n) is 7.45. The highest BCUT2D eigenvalue weighted by atomic mass is 19.4. The van der Waals surface area contributed by atoms with Gasteiger partial charge in [0.05, 0.1) is 28.4 Å². The number of ether oxygens (including phenoxy) is 1. The number of alkyl halides is 3. The molecule has 202 valence electrons. The second-order valence-electron chi connectivity index (χ2n) is 10.2. The van der Waals surface area contributed by atoms with Crippen LogP contribution in [0.2, 0.25) is 0 Å². The molecular weight excluding hydrogens is 527 g/mol. The summed E-state index contributed by atoms with van der Waals surface area (Å²) in [5.74, 6) is -0.903. The first-order chi connectivity index (χ1) is 19.1. The fourth-order valence-electron chi connectivity index (χ4n) is 5.35.